The number of nitrogens with zero attached hydrogens (tertiary/aromatic N) is 4. The van der Waals surface area contributed by atoms with E-state index in [1.54, 1.807) is 10.9 Å². The highest BCUT2D eigenvalue weighted by molar-refractivity contribution is 5.92. The smallest absolute Gasteiger partial charge is 0.274 e. The van der Waals surface area contributed by atoms with Crippen LogP contribution < -0.4 is 10.6 Å². The van der Waals surface area contributed by atoms with Gasteiger partial charge in [0.15, 0.2) is 5.69 Å². The molecule has 3 heterocycles. The number of amides is 2. The van der Waals surface area contributed by atoms with Crippen LogP contribution in [-0.2, 0) is 4.79 Å². The van der Waals surface area contributed by atoms with E-state index in [1.165, 1.54) is 0 Å². The standard InChI is InChI=1S/C20H26N6O2/c27-19-7-4-12-25(19)13-17(15-5-2-1-3-6-15)22-20(28)18-14-26(24-23-18)16-8-10-21-11-9-16/h1-3,5-6,14,16-17,21H,4,7-13H2,(H,22,28). The van der Waals surface area contributed by atoms with Crippen LogP contribution in [0.25, 0.3) is 0 Å². The van der Waals surface area contributed by atoms with Crippen LogP contribution in [0.15, 0.2) is 36.5 Å². The normalized spacial score (nSPS) is 19.0. The van der Waals surface area contributed by atoms with Crippen molar-refractivity contribution in [2.45, 2.75) is 37.8 Å². The SMILES string of the molecule is O=C(NC(CN1CCCC1=O)c1ccccc1)c1cn(C2CCNCC2)nn1. The van der Waals surface area contributed by atoms with E-state index in [2.05, 4.69) is 20.9 Å². The first-order valence-electron chi connectivity index (χ1n) is 9.97. The van der Waals surface area contributed by atoms with Gasteiger partial charge in [-0.1, -0.05) is 35.5 Å². The van der Waals surface area contributed by atoms with Crippen molar-refractivity contribution in [3.05, 3.63) is 47.8 Å². The molecule has 1 aromatic carbocycles. The van der Waals surface area contributed by atoms with Crippen molar-refractivity contribution in [2.24, 2.45) is 0 Å². The summed E-state index contributed by atoms with van der Waals surface area (Å²) in [6, 6.07) is 9.76. The van der Waals surface area contributed by atoms with Gasteiger partial charge in [-0.25, -0.2) is 4.68 Å². The molecule has 2 saturated heterocycles. The first kappa shape index (κ1) is 18.6. The van der Waals surface area contributed by atoms with Crippen molar-refractivity contribution < 1.29 is 9.59 Å². The predicted octanol–water partition coefficient (Wildman–Crippen LogP) is 1.30. The van der Waals surface area contributed by atoms with Crippen molar-refractivity contribution in [3.63, 3.8) is 0 Å². The zero-order chi connectivity index (χ0) is 19.3. The van der Waals surface area contributed by atoms with Gasteiger partial charge in [0.25, 0.3) is 5.91 Å². The summed E-state index contributed by atoms with van der Waals surface area (Å²) in [7, 11) is 0. The highest BCUT2D eigenvalue weighted by Gasteiger charge is 2.26. The number of rotatable bonds is 6. The van der Waals surface area contributed by atoms with Crippen LogP contribution in [0.5, 0.6) is 0 Å². The topological polar surface area (TPSA) is 92.2 Å². The van der Waals surface area contributed by atoms with E-state index in [1.807, 2.05) is 35.2 Å². The van der Waals surface area contributed by atoms with Crippen molar-refractivity contribution in [2.75, 3.05) is 26.2 Å². The summed E-state index contributed by atoms with van der Waals surface area (Å²) in [5.41, 5.74) is 1.29. The molecule has 0 bridgehead atoms. The average Bonchev–Trinajstić information content (AvgIpc) is 3.38. The summed E-state index contributed by atoms with van der Waals surface area (Å²) in [6.45, 7) is 3.11. The molecule has 1 unspecified atom stereocenters. The van der Waals surface area contributed by atoms with E-state index >= 15 is 0 Å². The van der Waals surface area contributed by atoms with Gasteiger partial charge in [0.2, 0.25) is 5.91 Å². The molecule has 1 aromatic heterocycles. The summed E-state index contributed by atoms with van der Waals surface area (Å²) in [5, 5.41) is 14.6. The summed E-state index contributed by atoms with van der Waals surface area (Å²) in [4.78, 5) is 26.7. The lowest BCUT2D eigenvalue weighted by Gasteiger charge is -2.25. The van der Waals surface area contributed by atoms with E-state index in [0.29, 0.717) is 18.7 Å². The van der Waals surface area contributed by atoms with Crippen LogP contribution in [0.3, 0.4) is 0 Å². The minimum Gasteiger partial charge on any atom is -0.342 e. The molecule has 2 aliphatic rings. The number of likely N-dealkylation sites (tertiary alicyclic amines) is 1. The largest absolute Gasteiger partial charge is 0.342 e. The molecule has 2 aromatic rings. The Morgan fingerprint density at radius 3 is 2.75 bits per heavy atom. The highest BCUT2D eigenvalue weighted by Crippen LogP contribution is 2.20. The van der Waals surface area contributed by atoms with Gasteiger partial charge >= 0.3 is 0 Å². The molecule has 148 valence electrons. The summed E-state index contributed by atoms with van der Waals surface area (Å²) in [5.74, 6) is -0.118. The van der Waals surface area contributed by atoms with Crippen molar-refractivity contribution in [1.29, 1.82) is 0 Å². The molecule has 8 nitrogen and oxygen atoms in total. The third kappa shape index (κ3) is 4.22. The number of hydrogen-bond donors (Lipinski definition) is 2. The zero-order valence-electron chi connectivity index (χ0n) is 15.9. The lowest BCUT2D eigenvalue weighted by atomic mass is 10.1. The lowest BCUT2D eigenvalue weighted by molar-refractivity contribution is -0.128. The van der Waals surface area contributed by atoms with Gasteiger partial charge in [0, 0.05) is 19.5 Å². The second-order valence-corrected chi connectivity index (χ2v) is 7.45. The maximum atomic E-state index is 12.8. The van der Waals surface area contributed by atoms with Gasteiger partial charge < -0.3 is 15.5 Å². The van der Waals surface area contributed by atoms with Crippen LogP contribution in [0.2, 0.25) is 0 Å². The van der Waals surface area contributed by atoms with Crippen LogP contribution in [-0.4, -0.2) is 57.9 Å². The number of hydrogen-bond acceptors (Lipinski definition) is 5. The average molecular weight is 382 g/mol. The number of benzene rings is 1. The minimum absolute atomic E-state index is 0.145. The quantitative estimate of drug-likeness (QED) is 0.786. The molecule has 2 amide bonds. The molecule has 0 radical (unpaired) electrons. The first-order chi connectivity index (χ1) is 13.7. The maximum Gasteiger partial charge on any atom is 0.274 e. The summed E-state index contributed by atoms with van der Waals surface area (Å²) in [6.07, 6.45) is 5.15. The molecule has 28 heavy (non-hydrogen) atoms. The number of aromatic nitrogens is 3. The summed E-state index contributed by atoms with van der Waals surface area (Å²) >= 11 is 0. The molecule has 0 aliphatic carbocycles. The predicted molar refractivity (Wildman–Crippen MR) is 104 cm³/mol. The van der Waals surface area contributed by atoms with Crippen LogP contribution >= 0.6 is 0 Å². The van der Waals surface area contributed by atoms with Gasteiger partial charge in [-0.05, 0) is 37.9 Å². The van der Waals surface area contributed by atoms with E-state index in [9.17, 15) is 9.59 Å². The first-order valence-corrected chi connectivity index (χ1v) is 9.97. The van der Waals surface area contributed by atoms with Crippen LogP contribution in [0.4, 0.5) is 0 Å². The minimum atomic E-state index is -0.278. The Balaban J connectivity index is 1.47. The van der Waals surface area contributed by atoms with E-state index in [4.69, 9.17) is 0 Å². The molecule has 0 spiro atoms. The Hall–Kier alpha value is -2.74. The fourth-order valence-electron chi connectivity index (χ4n) is 3.90. The molecule has 4 rings (SSSR count). The van der Waals surface area contributed by atoms with Gasteiger partial charge in [-0.2, -0.15) is 0 Å². The Morgan fingerprint density at radius 1 is 1.25 bits per heavy atom. The number of carbonyl (C=O) groups excluding carboxylic acids is 2. The molecule has 0 saturated carbocycles. The van der Waals surface area contributed by atoms with Gasteiger partial charge in [-0.3, -0.25) is 9.59 Å². The molecule has 2 N–H and O–H groups in total. The third-order valence-corrected chi connectivity index (χ3v) is 5.51. The van der Waals surface area contributed by atoms with Gasteiger partial charge in [0.05, 0.1) is 18.3 Å². The molecule has 1 atom stereocenters. The second-order valence-electron chi connectivity index (χ2n) is 7.45. The monoisotopic (exact) mass is 382 g/mol. The van der Waals surface area contributed by atoms with Crippen molar-refractivity contribution in [1.82, 2.24) is 30.5 Å². The Labute approximate surface area is 164 Å². The van der Waals surface area contributed by atoms with Gasteiger partial charge in [0.1, 0.15) is 0 Å². The van der Waals surface area contributed by atoms with Gasteiger partial charge in [-0.15, -0.1) is 5.10 Å². The Bertz CT molecular complexity index is 815. The van der Waals surface area contributed by atoms with Crippen LogP contribution in [0, 0.1) is 0 Å². The lowest BCUT2D eigenvalue weighted by Crippen LogP contribution is -2.38. The Kier molecular flexibility index (Phi) is 5.66. The summed E-state index contributed by atoms with van der Waals surface area (Å²) < 4.78 is 1.80. The molecule has 2 aliphatic heterocycles. The zero-order valence-corrected chi connectivity index (χ0v) is 15.9. The Morgan fingerprint density at radius 2 is 2.04 bits per heavy atom. The fourth-order valence-corrected chi connectivity index (χ4v) is 3.90. The molecular weight excluding hydrogens is 356 g/mol. The van der Waals surface area contributed by atoms with E-state index < -0.39 is 0 Å². The number of carbonyl (C=O) groups is 2. The maximum absolute atomic E-state index is 12.8. The molecule has 2 fully saturated rings. The third-order valence-electron chi connectivity index (χ3n) is 5.51. The fraction of sp³-hybridized carbons (Fsp3) is 0.500. The number of nitrogens with one attached hydrogen (secondary N) is 2. The van der Waals surface area contributed by atoms with Crippen molar-refractivity contribution in [3.8, 4) is 0 Å². The second kappa shape index (κ2) is 8.52. The van der Waals surface area contributed by atoms with E-state index in [0.717, 1.165) is 44.5 Å². The highest BCUT2D eigenvalue weighted by atomic mass is 16.2. The number of piperidine rings is 1. The molecular formula is C20H26N6O2. The molecule has 8 heteroatoms. The van der Waals surface area contributed by atoms with Crippen molar-refractivity contribution >= 4 is 11.8 Å². The van der Waals surface area contributed by atoms with E-state index in [-0.39, 0.29) is 23.9 Å². The van der Waals surface area contributed by atoms with Crippen LogP contribution in [0.1, 0.15) is 53.8 Å².